The van der Waals surface area contributed by atoms with E-state index in [1.807, 2.05) is 4.90 Å². The van der Waals surface area contributed by atoms with Gasteiger partial charge in [-0.1, -0.05) is 12.0 Å². The number of anilines is 1. The topological polar surface area (TPSA) is 93.1 Å². The molecule has 0 spiro atoms. The zero-order chi connectivity index (χ0) is 42.3. The molecule has 0 unspecified atom stereocenters. The van der Waals surface area contributed by atoms with Crippen LogP contribution in [-0.2, 0) is 15.9 Å². The maximum absolute atomic E-state index is 17.2. The summed E-state index contributed by atoms with van der Waals surface area (Å²) in [6, 6.07) is 3.18. The summed E-state index contributed by atoms with van der Waals surface area (Å²) in [6.07, 6.45) is -12.8. The van der Waals surface area contributed by atoms with Gasteiger partial charge >= 0.3 is 30.1 Å². The molecule has 3 saturated heterocycles. The number of pyridine rings is 1. The van der Waals surface area contributed by atoms with Crippen LogP contribution in [0.25, 0.3) is 32.9 Å². The van der Waals surface area contributed by atoms with Gasteiger partial charge in [0, 0.05) is 30.1 Å². The van der Waals surface area contributed by atoms with Crippen LogP contribution in [0.5, 0.6) is 11.8 Å². The van der Waals surface area contributed by atoms with E-state index in [1.54, 1.807) is 0 Å². The number of hydrogen-bond donors (Lipinski definition) is 1. The molecule has 0 saturated carbocycles. The largest absolute Gasteiger partial charge is 0.508 e. The summed E-state index contributed by atoms with van der Waals surface area (Å²) in [5, 5.41) is 11.4. The van der Waals surface area contributed by atoms with Crippen LogP contribution in [0.1, 0.15) is 49.8 Å². The maximum atomic E-state index is 17.2. The van der Waals surface area contributed by atoms with E-state index in [9.17, 15) is 44.6 Å². The molecule has 316 valence electrons. The van der Waals surface area contributed by atoms with Gasteiger partial charge < -0.3 is 24.2 Å². The van der Waals surface area contributed by atoms with Gasteiger partial charge in [0.15, 0.2) is 5.82 Å². The molecule has 3 fully saturated rings. The zero-order valence-electron chi connectivity index (χ0n) is 30.8. The van der Waals surface area contributed by atoms with E-state index in [0.717, 1.165) is 6.07 Å². The molecule has 4 aromatic rings. The average molecular weight is 846 g/mol. The van der Waals surface area contributed by atoms with Crippen LogP contribution in [0.4, 0.5) is 54.1 Å². The van der Waals surface area contributed by atoms with Crippen molar-refractivity contribution in [3.8, 4) is 35.4 Å². The molecule has 6 heterocycles. The number of benzene rings is 2. The second-order valence-electron chi connectivity index (χ2n) is 15.2. The van der Waals surface area contributed by atoms with Crippen LogP contribution in [0.15, 0.2) is 24.3 Å². The lowest BCUT2D eigenvalue weighted by molar-refractivity contribution is -0.458. The predicted molar refractivity (Wildman–Crippen MR) is 189 cm³/mol. The van der Waals surface area contributed by atoms with E-state index >= 15 is 8.78 Å². The average Bonchev–Trinajstić information content (AvgIpc) is 3.56. The van der Waals surface area contributed by atoms with Gasteiger partial charge in [-0.2, -0.15) is 49.5 Å². The fourth-order valence-corrected chi connectivity index (χ4v) is 9.18. The molecule has 59 heavy (non-hydrogen) atoms. The number of aromatic nitrogens is 3. The number of aryl methyl sites for hydroxylation is 1. The highest BCUT2D eigenvalue weighted by atomic mass is 19.4. The molecular weight excluding hydrogens is 811 g/mol. The second kappa shape index (κ2) is 14.5. The van der Waals surface area contributed by atoms with E-state index in [0.29, 0.717) is 62.9 Å². The molecule has 0 radical (unpaired) electrons. The van der Waals surface area contributed by atoms with Crippen LogP contribution in [-0.4, -0.2) is 106 Å². The summed E-state index contributed by atoms with van der Waals surface area (Å²) in [6.45, 7) is -0.547. The van der Waals surface area contributed by atoms with Crippen molar-refractivity contribution in [2.75, 3.05) is 44.4 Å². The van der Waals surface area contributed by atoms with E-state index in [4.69, 9.17) is 25.9 Å². The number of hydrogen-bond acceptors (Lipinski definition) is 9. The standard InChI is InChI=1S/C39H34F11N5O4/c1-2-24-26(40)7-5-20-15-23(56)16-25(28(20)24)31-30(41)32-29-27(51-31)8-6-21-17-57-14-4-12-54(21)33(29)53-34(52-32)58-19-35-10-3-13-55(35)22(9-11-35)18-59-36(37(42,43)44,38(45,46)47)39(48,49)50/h1,5,7,15-16,21-22,56H,3-4,6,8-14,17-19H2/t21-,22-,35-/m0/s1. The number of alkyl halides is 9. The van der Waals surface area contributed by atoms with Gasteiger partial charge in [-0.3, -0.25) is 4.90 Å². The van der Waals surface area contributed by atoms with Crippen molar-refractivity contribution in [3.05, 3.63) is 47.2 Å². The fourth-order valence-electron chi connectivity index (χ4n) is 9.18. The predicted octanol–water partition coefficient (Wildman–Crippen LogP) is 8.17. The van der Waals surface area contributed by atoms with Crippen molar-refractivity contribution in [1.82, 2.24) is 19.9 Å². The van der Waals surface area contributed by atoms with E-state index in [2.05, 4.69) is 15.6 Å². The minimum absolute atomic E-state index is 0.0156. The summed E-state index contributed by atoms with van der Waals surface area (Å²) >= 11 is 0. The van der Waals surface area contributed by atoms with Gasteiger partial charge in [-0.25, -0.2) is 13.8 Å². The third-order valence-electron chi connectivity index (χ3n) is 11.9. The van der Waals surface area contributed by atoms with Crippen molar-refractivity contribution >= 4 is 27.5 Å². The Balaban J connectivity index is 1.18. The SMILES string of the molecule is C#Cc1c(F)ccc2cc(O)cc(-c3nc4c5c(nc(OC[C@@]67CCCN6[C@H](COC(C(F)(F)F)(C(F)(F)F)C(F)(F)F)CC7)nc5c3F)N3CCCOC[C@@H]3CC4)c12. The van der Waals surface area contributed by atoms with Gasteiger partial charge in [0.2, 0.25) is 0 Å². The molecule has 9 nitrogen and oxygen atoms in total. The smallest absolute Gasteiger partial charge is 0.435 e. The monoisotopic (exact) mass is 845 g/mol. The van der Waals surface area contributed by atoms with E-state index in [-0.39, 0.29) is 82.7 Å². The molecule has 0 bridgehead atoms. The van der Waals surface area contributed by atoms with Crippen LogP contribution in [0.3, 0.4) is 0 Å². The number of terminal acetylenes is 1. The minimum atomic E-state index is -6.86. The number of phenolic OH excluding ortho intramolecular Hbond substituents is 1. The number of aromatic hydroxyl groups is 1. The molecule has 8 rings (SSSR count). The molecule has 4 aliphatic heterocycles. The van der Waals surface area contributed by atoms with Crippen LogP contribution >= 0.6 is 0 Å². The van der Waals surface area contributed by atoms with Gasteiger partial charge in [-0.05, 0) is 75.1 Å². The number of phenols is 1. The third kappa shape index (κ3) is 6.63. The minimum Gasteiger partial charge on any atom is -0.508 e. The molecular formula is C39H34F11N5O4. The second-order valence-corrected chi connectivity index (χ2v) is 15.2. The third-order valence-corrected chi connectivity index (χ3v) is 11.9. The van der Waals surface area contributed by atoms with Crippen LogP contribution in [0, 0.1) is 24.0 Å². The van der Waals surface area contributed by atoms with Crippen molar-refractivity contribution in [2.45, 2.75) is 86.7 Å². The Morgan fingerprint density at radius 2 is 1.66 bits per heavy atom. The van der Waals surface area contributed by atoms with Gasteiger partial charge in [0.1, 0.15) is 35.2 Å². The van der Waals surface area contributed by atoms with Gasteiger partial charge in [0.25, 0.3) is 0 Å². The molecule has 0 amide bonds. The lowest BCUT2D eigenvalue weighted by atomic mass is 9.95. The lowest BCUT2D eigenvalue weighted by Crippen LogP contribution is -2.68. The van der Waals surface area contributed by atoms with Gasteiger partial charge in [0.05, 0.1) is 41.4 Å². The van der Waals surface area contributed by atoms with Crippen molar-refractivity contribution in [1.29, 1.82) is 0 Å². The first-order valence-electron chi connectivity index (χ1n) is 18.7. The normalized spacial score (nSPS) is 22.9. The number of ether oxygens (including phenoxy) is 3. The highest BCUT2D eigenvalue weighted by Crippen LogP contribution is 2.55. The summed E-state index contributed by atoms with van der Waals surface area (Å²) in [4.78, 5) is 17.3. The summed E-state index contributed by atoms with van der Waals surface area (Å²) in [7, 11) is 0. The van der Waals surface area contributed by atoms with E-state index < -0.39 is 54.0 Å². The van der Waals surface area contributed by atoms with Crippen LogP contribution < -0.4 is 9.64 Å². The molecule has 1 N–H and O–H groups in total. The maximum Gasteiger partial charge on any atom is 0.435 e. The first-order chi connectivity index (χ1) is 27.8. The fraction of sp³-hybridized carbons (Fsp3) is 0.513. The van der Waals surface area contributed by atoms with Crippen molar-refractivity contribution in [2.24, 2.45) is 0 Å². The van der Waals surface area contributed by atoms with E-state index in [1.165, 1.54) is 23.1 Å². The first kappa shape index (κ1) is 41.0. The number of rotatable bonds is 7. The number of nitrogens with zero attached hydrogens (tertiary/aromatic N) is 5. The molecule has 0 aliphatic carbocycles. The lowest BCUT2D eigenvalue weighted by Gasteiger charge is -2.40. The molecule has 3 atom stereocenters. The highest BCUT2D eigenvalue weighted by Gasteiger charge is 2.85. The quantitative estimate of drug-likeness (QED) is 0.146. The zero-order valence-corrected chi connectivity index (χ0v) is 30.8. The van der Waals surface area contributed by atoms with Crippen LogP contribution in [0.2, 0.25) is 0 Å². The number of halogens is 11. The van der Waals surface area contributed by atoms with Crippen molar-refractivity contribution in [3.63, 3.8) is 0 Å². The van der Waals surface area contributed by atoms with Crippen molar-refractivity contribution < 1.29 is 67.6 Å². The number of fused-ring (bicyclic) bond motifs is 4. The molecule has 20 heteroatoms. The Hall–Kier alpha value is -4.74. The molecule has 4 aliphatic rings. The Morgan fingerprint density at radius 3 is 2.37 bits per heavy atom. The Labute approximate surface area is 328 Å². The summed E-state index contributed by atoms with van der Waals surface area (Å²) in [5.74, 6) is 0.533. The Kier molecular flexibility index (Phi) is 10.1. The highest BCUT2D eigenvalue weighted by molar-refractivity contribution is 6.03. The molecule has 2 aromatic carbocycles. The van der Waals surface area contributed by atoms with Gasteiger partial charge in [-0.15, -0.1) is 6.42 Å². The Bertz CT molecular complexity index is 2310. The molecule has 2 aromatic heterocycles. The Morgan fingerprint density at radius 1 is 0.915 bits per heavy atom. The first-order valence-corrected chi connectivity index (χ1v) is 18.7. The summed E-state index contributed by atoms with van der Waals surface area (Å²) in [5.41, 5.74) is -7.84. The summed E-state index contributed by atoms with van der Waals surface area (Å²) < 4.78 is 171.